The van der Waals surface area contributed by atoms with E-state index in [9.17, 15) is 19.7 Å². The number of amides is 1. The van der Waals surface area contributed by atoms with E-state index in [1.807, 2.05) is 0 Å². The molecule has 1 aromatic rings. The minimum absolute atomic E-state index is 0.0973. The highest BCUT2D eigenvalue weighted by Crippen LogP contribution is 2.24. The molecule has 0 radical (unpaired) electrons. The van der Waals surface area contributed by atoms with Gasteiger partial charge in [0, 0.05) is 20.2 Å². The molecular weight excluding hydrogens is 260 g/mol. The molecule has 0 aliphatic carbocycles. The van der Waals surface area contributed by atoms with Crippen molar-refractivity contribution in [2.24, 2.45) is 0 Å². The van der Waals surface area contributed by atoms with Crippen molar-refractivity contribution in [2.75, 3.05) is 14.1 Å². The van der Waals surface area contributed by atoms with Crippen molar-refractivity contribution in [3.05, 3.63) is 27.1 Å². The molecule has 1 heterocycles. The van der Waals surface area contributed by atoms with E-state index < -0.39 is 17.0 Å². The topological polar surface area (TPSA) is 89.7 Å². The molecule has 0 aliphatic rings. The average molecular weight is 272 g/mol. The maximum absolute atomic E-state index is 11.6. The van der Waals surface area contributed by atoms with Gasteiger partial charge in [-0.05, 0) is 13.0 Å². The molecule has 0 aliphatic heterocycles. The van der Waals surface area contributed by atoms with Crippen molar-refractivity contribution in [1.29, 1.82) is 0 Å². The van der Waals surface area contributed by atoms with Crippen molar-refractivity contribution in [1.82, 2.24) is 4.90 Å². The Hall–Kier alpha value is -1.96. The molecule has 0 saturated carbocycles. The number of rotatable bonds is 4. The second-order valence-corrected chi connectivity index (χ2v) is 4.74. The van der Waals surface area contributed by atoms with E-state index in [1.54, 1.807) is 14.1 Å². The van der Waals surface area contributed by atoms with E-state index >= 15 is 0 Å². The number of nitrogens with zero attached hydrogens (tertiary/aromatic N) is 2. The molecule has 0 saturated heterocycles. The van der Waals surface area contributed by atoms with Crippen LogP contribution in [0.15, 0.2) is 12.1 Å². The second kappa shape index (κ2) is 5.58. The molecule has 18 heavy (non-hydrogen) atoms. The Morgan fingerprint density at radius 3 is 2.50 bits per heavy atom. The van der Waals surface area contributed by atoms with Gasteiger partial charge in [0.05, 0.1) is 4.92 Å². The molecule has 0 bridgehead atoms. The molecule has 0 aromatic carbocycles. The zero-order chi connectivity index (χ0) is 13.9. The first-order chi connectivity index (χ1) is 8.32. The molecule has 8 heteroatoms. The summed E-state index contributed by atoms with van der Waals surface area (Å²) < 4.78 is 4.91. The summed E-state index contributed by atoms with van der Waals surface area (Å²) in [5.74, 6) is -1.09. The summed E-state index contributed by atoms with van der Waals surface area (Å²) in [5.41, 5.74) is 0. The van der Waals surface area contributed by atoms with Crippen LogP contribution < -0.4 is 0 Å². The summed E-state index contributed by atoms with van der Waals surface area (Å²) in [6, 6.07) is 2.53. The van der Waals surface area contributed by atoms with Gasteiger partial charge in [-0.3, -0.25) is 14.9 Å². The number of thiophene rings is 1. The Labute approximate surface area is 107 Å². The molecule has 7 nitrogen and oxygen atoms in total. The van der Waals surface area contributed by atoms with Crippen LogP contribution >= 0.6 is 11.3 Å². The van der Waals surface area contributed by atoms with Gasteiger partial charge in [0.2, 0.25) is 0 Å². The Morgan fingerprint density at radius 1 is 1.44 bits per heavy atom. The third-order valence-electron chi connectivity index (χ3n) is 2.05. The van der Waals surface area contributed by atoms with Crippen molar-refractivity contribution in [3.8, 4) is 0 Å². The Kier molecular flexibility index (Phi) is 4.38. The quantitative estimate of drug-likeness (QED) is 0.468. The number of hydrogen-bond donors (Lipinski definition) is 0. The number of carbonyl (C=O) groups excluding carboxylic acids is 2. The minimum atomic E-state index is -0.923. The van der Waals surface area contributed by atoms with Crippen LogP contribution in [0.2, 0.25) is 0 Å². The Balaban J connectivity index is 2.70. The summed E-state index contributed by atoms with van der Waals surface area (Å²) in [6.45, 7) is 1.45. The molecule has 98 valence electrons. The van der Waals surface area contributed by atoms with E-state index in [1.165, 1.54) is 24.0 Å². The lowest BCUT2D eigenvalue weighted by Crippen LogP contribution is -2.34. The van der Waals surface area contributed by atoms with E-state index in [0.29, 0.717) is 11.3 Å². The fourth-order valence-electron chi connectivity index (χ4n) is 1.17. The third-order valence-corrected chi connectivity index (χ3v) is 3.06. The lowest BCUT2D eigenvalue weighted by atomic mass is 10.3. The van der Waals surface area contributed by atoms with Crippen LogP contribution in [0.5, 0.6) is 0 Å². The van der Waals surface area contributed by atoms with Gasteiger partial charge in [-0.15, -0.1) is 0 Å². The first kappa shape index (κ1) is 14.1. The number of ether oxygens (including phenoxy) is 1. The highest BCUT2D eigenvalue weighted by Gasteiger charge is 2.22. The van der Waals surface area contributed by atoms with Gasteiger partial charge in [0.25, 0.3) is 5.91 Å². The van der Waals surface area contributed by atoms with Crippen molar-refractivity contribution in [3.63, 3.8) is 0 Å². The van der Waals surface area contributed by atoms with Crippen LogP contribution in [0.25, 0.3) is 0 Å². The second-order valence-electron chi connectivity index (χ2n) is 3.68. The molecule has 0 unspecified atom stereocenters. The fraction of sp³-hybridized carbons (Fsp3) is 0.400. The molecule has 0 spiro atoms. The van der Waals surface area contributed by atoms with Gasteiger partial charge in [0.1, 0.15) is 4.88 Å². The summed E-state index contributed by atoms with van der Waals surface area (Å²) in [6.07, 6.45) is -0.923. The predicted molar refractivity (Wildman–Crippen MR) is 64.5 cm³/mol. The first-order valence-corrected chi connectivity index (χ1v) is 5.81. The van der Waals surface area contributed by atoms with Crippen LogP contribution in [0.3, 0.4) is 0 Å². The van der Waals surface area contributed by atoms with E-state index in [0.717, 1.165) is 0 Å². The first-order valence-electron chi connectivity index (χ1n) is 4.99. The predicted octanol–water partition coefficient (Wildman–Crippen LogP) is 1.29. The largest absolute Gasteiger partial charge is 0.448 e. The van der Waals surface area contributed by atoms with Gasteiger partial charge in [-0.2, -0.15) is 0 Å². The lowest BCUT2D eigenvalue weighted by molar-refractivity contribution is -0.380. The summed E-state index contributed by atoms with van der Waals surface area (Å²) >= 11 is 0.713. The maximum atomic E-state index is 11.6. The third kappa shape index (κ3) is 3.27. The smallest absolute Gasteiger partial charge is 0.349 e. The van der Waals surface area contributed by atoms with Crippen molar-refractivity contribution in [2.45, 2.75) is 13.0 Å². The number of esters is 1. The van der Waals surface area contributed by atoms with Crippen LogP contribution in [-0.2, 0) is 9.53 Å². The van der Waals surface area contributed by atoms with E-state index in [4.69, 9.17) is 4.74 Å². The Bertz CT molecular complexity index is 482. The van der Waals surface area contributed by atoms with Crippen LogP contribution in [0.4, 0.5) is 5.00 Å². The number of carbonyl (C=O) groups is 2. The van der Waals surface area contributed by atoms with Crippen LogP contribution in [0.1, 0.15) is 16.6 Å². The van der Waals surface area contributed by atoms with Crippen molar-refractivity contribution >= 4 is 28.2 Å². The highest BCUT2D eigenvalue weighted by atomic mass is 32.1. The van der Waals surface area contributed by atoms with Crippen LogP contribution in [-0.4, -0.2) is 41.9 Å². The molecule has 1 amide bonds. The molecular formula is C10H12N2O5S. The lowest BCUT2D eigenvalue weighted by Gasteiger charge is -2.16. The van der Waals surface area contributed by atoms with Gasteiger partial charge < -0.3 is 9.64 Å². The number of nitro groups is 1. The zero-order valence-corrected chi connectivity index (χ0v) is 10.9. The van der Waals surface area contributed by atoms with Gasteiger partial charge in [-0.1, -0.05) is 11.3 Å². The average Bonchev–Trinajstić information content (AvgIpc) is 2.76. The van der Waals surface area contributed by atoms with Gasteiger partial charge >= 0.3 is 11.0 Å². The monoisotopic (exact) mass is 272 g/mol. The minimum Gasteiger partial charge on any atom is -0.448 e. The number of hydrogen-bond acceptors (Lipinski definition) is 6. The zero-order valence-electron chi connectivity index (χ0n) is 10.1. The molecule has 0 fully saturated rings. The van der Waals surface area contributed by atoms with E-state index in [-0.39, 0.29) is 15.8 Å². The standard InChI is InChI=1S/C10H12N2O5S/c1-6(9(13)11(2)3)17-10(14)7-4-5-8(18-7)12(15)16/h4-6H,1-3H3/t6-/m1/s1. The van der Waals surface area contributed by atoms with Crippen molar-refractivity contribution < 1.29 is 19.2 Å². The number of likely N-dealkylation sites (N-methyl/N-ethyl adjacent to an activating group) is 1. The van der Waals surface area contributed by atoms with Crippen LogP contribution in [0, 0.1) is 10.1 Å². The SMILES string of the molecule is C[C@@H](OC(=O)c1ccc([N+](=O)[O-])s1)C(=O)N(C)C. The van der Waals surface area contributed by atoms with E-state index in [2.05, 4.69) is 0 Å². The maximum Gasteiger partial charge on any atom is 0.349 e. The summed E-state index contributed by atoms with van der Waals surface area (Å²) in [4.78, 5) is 34.3. The molecule has 0 N–H and O–H groups in total. The normalized spacial score (nSPS) is 11.7. The summed E-state index contributed by atoms with van der Waals surface area (Å²) in [7, 11) is 3.09. The fourth-order valence-corrected chi connectivity index (χ4v) is 1.87. The molecule has 1 aromatic heterocycles. The van der Waals surface area contributed by atoms with Gasteiger partial charge in [-0.25, -0.2) is 4.79 Å². The highest BCUT2D eigenvalue weighted by molar-refractivity contribution is 7.17. The Morgan fingerprint density at radius 2 is 2.06 bits per heavy atom. The van der Waals surface area contributed by atoms with Gasteiger partial charge in [0.15, 0.2) is 6.10 Å². The molecule has 1 atom stereocenters. The molecule has 1 rings (SSSR count). The summed E-state index contributed by atoms with van der Waals surface area (Å²) in [5, 5.41) is 10.3.